The topological polar surface area (TPSA) is 84.2 Å². The van der Waals surface area contributed by atoms with E-state index in [0.717, 1.165) is 11.1 Å². The molecule has 0 unspecified atom stereocenters. The zero-order chi connectivity index (χ0) is 19.3. The van der Waals surface area contributed by atoms with Crippen molar-refractivity contribution in [2.75, 3.05) is 16.4 Å². The van der Waals surface area contributed by atoms with Crippen molar-refractivity contribution < 1.29 is 9.59 Å². The van der Waals surface area contributed by atoms with Gasteiger partial charge in [-0.1, -0.05) is 45.0 Å². The third kappa shape index (κ3) is 5.34. The molecule has 26 heavy (non-hydrogen) atoms. The molecule has 0 spiro atoms. The van der Waals surface area contributed by atoms with Crippen LogP contribution in [0.4, 0.5) is 17.1 Å². The summed E-state index contributed by atoms with van der Waals surface area (Å²) in [4.78, 5) is 24.4. The van der Waals surface area contributed by atoms with Crippen LogP contribution in [0.25, 0.3) is 0 Å². The molecule has 0 heterocycles. The summed E-state index contributed by atoms with van der Waals surface area (Å²) in [6, 6.07) is 13.0. The average molecular weight is 353 g/mol. The van der Waals surface area contributed by atoms with Crippen molar-refractivity contribution in [1.29, 1.82) is 0 Å². The summed E-state index contributed by atoms with van der Waals surface area (Å²) in [5.41, 5.74) is 9.39. The van der Waals surface area contributed by atoms with Gasteiger partial charge < -0.3 is 16.4 Å². The number of carbonyl (C=O) groups is 2. The van der Waals surface area contributed by atoms with Crippen molar-refractivity contribution in [3.63, 3.8) is 0 Å². The van der Waals surface area contributed by atoms with Gasteiger partial charge in [0.05, 0.1) is 0 Å². The third-order valence-electron chi connectivity index (χ3n) is 4.13. The number of nitrogens with two attached hydrogens (primary N) is 1. The van der Waals surface area contributed by atoms with Crippen LogP contribution in [0.3, 0.4) is 0 Å². The first kappa shape index (κ1) is 19.5. The summed E-state index contributed by atoms with van der Waals surface area (Å²) in [7, 11) is 0. The zero-order valence-corrected chi connectivity index (χ0v) is 15.8. The van der Waals surface area contributed by atoms with Crippen LogP contribution in [-0.2, 0) is 16.0 Å². The third-order valence-corrected chi connectivity index (χ3v) is 4.13. The van der Waals surface area contributed by atoms with E-state index in [0.29, 0.717) is 29.9 Å². The molecule has 2 amide bonds. The summed E-state index contributed by atoms with van der Waals surface area (Å²) in [6.45, 7) is 7.48. The Labute approximate surface area is 155 Å². The fraction of sp³-hybridized carbons (Fsp3) is 0.333. The number of hydrogen-bond acceptors (Lipinski definition) is 3. The maximum Gasteiger partial charge on any atom is 0.229 e. The van der Waals surface area contributed by atoms with Crippen LogP contribution in [0.5, 0.6) is 0 Å². The molecule has 0 aliphatic carbocycles. The summed E-state index contributed by atoms with van der Waals surface area (Å²) in [5, 5.41) is 5.80. The van der Waals surface area contributed by atoms with Gasteiger partial charge in [-0.3, -0.25) is 9.59 Å². The summed E-state index contributed by atoms with van der Waals surface area (Å²) < 4.78 is 0. The van der Waals surface area contributed by atoms with Crippen molar-refractivity contribution >= 4 is 28.9 Å². The van der Waals surface area contributed by atoms with Crippen molar-refractivity contribution in [3.8, 4) is 0 Å². The van der Waals surface area contributed by atoms with Crippen molar-refractivity contribution in [2.24, 2.45) is 5.41 Å². The second-order valence-electron chi connectivity index (χ2n) is 7.48. The Morgan fingerprint density at radius 3 is 2.38 bits per heavy atom. The quantitative estimate of drug-likeness (QED) is 0.707. The largest absolute Gasteiger partial charge is 0.399 e. The second kappa shape index (κ2) is 8.04. The first-order valence-electron chi connectivity index (χ1n) is 8.72. The fourth-order valence-corrected chi connectivity index (χ4v) is 2.38. The minimum atomic E-state index is -0.482. The molecule has 0 bridgehead atoms. The van der Waals surface area contributed by atoms with E-state index in [9.17, 15) is 9.59 Å². The maximum atomic E-state index is 12.3. The summed E-state index contributed by atoms with van der Waals surface area (Å²) in [6.07, 6.45) is 0.921. The minimum absolute atomic E-state index is 0.0711. The van der Waals surface area contributed by atoms with E-state index in [1.54, 1.807) is 6.07 Å². The standard InChI is InChI=1S/C21H27N3O2/c1-14-9-11-16(23-20(26)21(2,3)4)13-18(14)24-19(25)12-10-15-7-5-6-8-17(15)22/h5-9,11,13H,10,12,22H2,1-4H3,(H,23,26)(H,24,25). The lowest BCUT2D eigenvalue weighted by Gasteiger charge is -2.18. The zero-order valence-electron chi connectivity index (χ0n) is 15.8. The van der Waals surface area contributed by atoms with Gasteiger partial charge >= 0.3 is 0 Å². The number of carbonyl (C=O) groups excluding carboxylic acids is 2. The van der Waals surface area contributed by atoms with Gasteiger partial charge in [0, 0.05) is 28.9 Å². The molecule has 0 saturated carbocycles. The Kier molecular flexibility index (Phi) is 6.03. The van der Waals surface area contributed by atoms with Crippen LogP contribution >= 0.6 is 0 Å². The Morgan fingerprint density at radius 2 is 1.73 bits per heavy atom. The predicted molar refractivity (Wildman–Crippen MR) is 107 cm³/mol. The number of rotatable bonds is 5. The summed E-state index contributed by atoms with van der Waals surface area (Å²) >= 11 is 0. The molecule has 2 aromatic carbocycles. The minimum Gasteiger partial charge on any atom is -0.399 e. The molecule has 5 nitrogen and oxygen atoms in total. The maximum absolute atomic E-state index is 12.3. The van der Waals surface area contributed by atoms with E-state index in [4.69, 9.17) is 5.73 Å². The molecule has 0 saturated heterocycles. The van der Waals surface area contributed by atoms with Crippen LogP contribution < -0.4 is 16.4 Å². The molecule has 0 aliphatic rings. The van der Waals surface area contributed by atoms with Crippen LogP contribution in [0.1, 0.15) is 38.3 Å². The lowest BCUT2D eigenvalue weighted by Crippen LogP contribution is -2.27. The SMILES string of the molecule is Cc1ccc(NC(=O)C(C)(C)C)cc1NC(=O)CCc1ccccc1N. The molecule has 4 N–H and O–H groups in total. The predicted octanol–water partition coefficient (Wildman–Crippen LogP) is 4.13. The number of nitrogen functional groups attached to an aromatic ring is 1. The molecule has 0 radical (unpaired) electrons. The number of amides is 2. The van der Waals surface area contributed by atoms with Gasteiger partial charge in [0.1, 0.15) is 0 Å². The van der Waals surface area contributed by atoms with Gasteiger partial charge in [0.25, 0.3) is 0 Å². The number of para-hydroxylation sites is 1. The highest BCUT2D eigenvalue weighted by molar-refractivity contribution is 5.96. The molecule has 2 aromatic rings. The Morgan fingerprint density at radius 1 is 1.04 bits per heavy atom. The van der Waals surface area contributed by atoms with Crippen molar-refractivity contribution in [1.82, 2.24) is 0 Å². The van der Waals surface area contributed by atoms with Crippen LogP contribution in [0.2, 0.25) is 0 Å². The Hall–Kier alpha value is -2.82. The first-order valence-corrected chi connectivity index (χ1v) is 8.72. The van der Waals surface area contributed by atoms with E-state index in [1.807, 2.05) is 64.1 Å². The second-order valence-corrected chi connectivity index (χ2v) is 7.48. The highest BCUT2D eigenvalue weighted by Crippen LogP contribution is 2.23. The normalized spacial score (nSPS) is 11.1. The number of anilines is 3. The van der Waals surface area contributed by atoms with E-state index in [-0.39, 0.29) is 11.8 Å². The number of benzene rings is 2. The lowest BCUT2D eigenvalue weighted by atomic mass is 9.95. The van der Waals surface area contributed by atoms with Gasteiger partial charge in [-0.25, -0.2) is 0 Å². The van der Waals surface area contributed by atoms with E-state index in [2.05, 4.69) is 10.6 Å². The van der Waals surface area contributed by atoms with Gasteiger partial charge in [0.15, 0.2) is 0 Å². The molecule has 2 rings (SSSR count). The molecule has 0 atom stereocenters. The van der Waals surface area contributed by atoms with Gasteiger partial charge in [-0.15, -0.1) is 0 Å². The molecule has 5 heteroatoms. The highest BCUT2D eigenvalue weighted by atomic mass is 16.2. The lowest BCUT2D eigenvalue weighted by molar-refractivity contribution is -0.123. The van der Waals surface area contributed by atoms with Gasteiger partial charge in [-0.05, 0) is 42.7 Å². The molecule has 0 fully saturated rings. The smallest absolute Gasteiger partial charge is 0.229 e. The molecule has 0 aromatic heterocycles. The highest BCUT2D eigenvalue weighted by Gasteiger charge is 2.21. The molecule has 0 aliphatic heterocycles. The number of hydrogen-bond donors (Lipinski definition) is 3. The molecule has 138 valence electrons. The van der Waals surface area contributed by atoms with Crippen molar-refractivity contribution in [3.05, 3.63) is 53.6 Å². The van der Waals surface area contributed by atoms with E-state index in [1.165, 1.54) is 0 Å². The van der Waals surface area contributed by atoms with Crippen molar-refractivity contribution in [2.45, 2.75) is 40.5 Å². The van der Waals surface area contributed by atoms with E-state index < -0.39 is 5.41 Å². The van der Waals surface area contributed by atoms with Crippen LogP contribution in [0.15, 0.2) is 42.5 Å². The van der Waals surface area contributed by atoms with E-state index >= 15 is 0 Å². The average Bonchev–Trinajstić information content (AvgIpc) is 2.56. The van der Waals surface area contributed by atoms with Crippen LogP contribution in [-0.4, -0.2) is 11.8 Å². The molecular weight excluding hydrogens is 326 g/mol. The van der Waals surface area contributed by atoms with Gasteiger partial charge in [-0.2, -0.15) is 0 Å². The Balaban J connectivity index is 2.02. The number of nitrogens with one attached hydrogen (secondary N) is 2. The first-order chi connectivity index (χ1) is 12.2. The number of aryl methyl sites for hydroxylation is 2. The fourth-order valence-electron chi connectivity index (χ4n) is 2.38. The van der Waals surface area contributed by atoms with Crippen LogP contribution in [0, 0.1) is 12.3 Å². The molecular formula is C21H27N3O2. The monoisotopic (exact) mass is 353 g/mol. The van der Waals surface area contributed by atoms with Gasteiger partial charge in [0.2, 0.25) is 11.8 Å². The Bertz CT molecular complexity index is 807. The summed E-state index contributed by atoms with van der Waals surface area (Å²) in [5.74, 6) is -0.158.